The van der Waals surface area contributed by atoms with Crippen LogP contribution in [0.15, 0.2) is 0 Å². The van der Waals surface area contributed by atoms with Crippen LogP contribution in [0.4, 0.5) is 0 Å². The number of piperidine rings is 1. The highest BCUT2D eigenvalue weighted by Crippen LogP contribution is 2.09. The van der Waals surface area contributed by atoms with Crippen molar-refractivity contribution in [3.63, 3.8) is 0 Å². The number of carbonyl (C=O) groups excluding carboxylic acids is 1. The SMILES string of the molecule is CC(C)N(C)C(=O)COCC1CCCNC1. The highest BCUT2D eigenvalue weighted by molar-refractivity contribution is 5.77. The van der Waals surface area contributed by atoms with Gasteiger partial charge < -0.3 is 15.0 Å². The van der Waals surface area contributed by atoms with E-state index < -0.39 is 0 Å². The van der Waals surface area contributed by atoms with Gasteiger partial charge in [0.15, 0.2) is 0 Å². The number of likely N-dealkylation sites (N-methyl/N-ethyl adjacent to an activating group) is 1. The van der Waals surface area contributed by atoms with E-state index in [2.05, 4.69) is 5.32 Å². The van der Waals surface area contributed by atoms with Crippen LogP contribution in [0.5, 0.6) is 0 Å². The molecule has 1 rings (SSSR count). The van der Waals surface area contributed by atoms with Crippen LogP contribution in [-0.2, 0) is 9.53 Å². The van der Waals surface area contributed by atoms with Crippen molar-refractivity contribution < 1.29 is 9.53 Å². The minimum Gasteiger partial charge on any atom is -0.371 e. The number of carbonyl (C=O) groups is 1. The molecule has 0 radical (unpaired) electrons. The number of amides is 1. The van der Waals surface area contributed by atoms with Crippen molar-refractivity contribution in [2.24, 2.45) is 5.92 Å². The lowest BCUT2D eigenvalue weighted by molar-refractivity contribution is -0.136. The van der Waals surface area contributed by atoms with Crippen LogP contribution in [0, 0.1) is 5.92 Å². The van der Waals surface area contributed by atoms with Gasteiger partial charge in [-0.2, -0.15) is 0 Å². The van der Waals surface area contributed by atoms with E-state index in [1.807, 2.05) is 20.9 Å². The summed E-state index contributed by atoms with van der Waals surface area (Å²) in [6.07, 6.45) is 2.43. The molecule has 1 atom stereocenters. The molecule has 0 aliphatic carbocycles. The maximum Gasteiger partial charge on any atom is 0.248 e. The van der Waals surface area contributed by atoms with Gasteiger partial charge in [0.25, 0.3) is 0 Å². The second-order valence-corrected chi connectivity index (χ2v) is 4.83. The quantitative estimate of drug-likeness (QED) is 0.759. The molecule has 0 aromatic rings. The van der Waals surface area contributed by atoms with E-state index >= 15 is 0 Å². The lowest BCUT2D eigenvalue weighted by atomic mass is 10.0. The molecule has 0 bridgehead atoms. The average molecular weight is 228 g/mol. The van der Waals surface area contributed by atoms with Crippen molar-refractivity contribution in [2.45, 2.75) is 32.7 Å². The van der Waals surface area contributed by atoms with Crippen molar-refractivity contribution in [1.82, 2.24) is 10.2 Å². The molecule has 1 heterocycles. The molecule has 0 aromatic heterocycles. The van der Waals surface area contributed by atoms with Crippen molar-refractivity contribution >= 4 is 5.91 Å². The van der Waals surface area contributed by atoms with Crippen LogP contribution in [0.1, 0.15) is 26.7 Å². The Morgan fingerprint density at radius 1 is 1.56 bits per heavy atom. The van der Waals surface area contributed by atoms with E-state index in [-0.39, 0.29) is 18.6 Å². The van der Waals surface area contributed by atoms with Gasteiger partial charge in [-0.05, 0) is 39.2 Å². The lowest BCUT2D eigenvalue weighted by Gasteiger charge is -2.24. The number of rotatable bonds is 5. The zero-order valence-electron chi connectivity index (χ0n) is 10.7. The van der Waals surface area contributed by atoms with Crippen LogP contribution in [0.2, 0.25) is 0 Å². The molecule has 1 amide bonds. The third-order valence-corrected chi connectivity index (χ3v) is 3.15. The van der Waals surface area contributed by atoms with Gasteiger partial charge in [0.2, 0.25) is 5.91 Å². The molecule has 4 heteroatoms. The number of ether oxygens (including phenoxy) is 1. The molecule has 0 aromatic carbocycles. The number of hydrogen-bond donors (Lipinski definition) is 1. The maximum absolute atomic E-state index is 11.6. The van der Waals surface area contributed by atoms with Gasteiger partial charge >= 0.3 is 0 Å². The summed E-state index contributed by atoms with van der Waals surface area (Å²) in [4.78, 5) is 13.3. The molecular formula is C12H24N2O2. The summed E-state index contributed by atoms with van der Waals surface area (Å²) in [5.41, 5.74) is 0. The second-order valence-electron chi connectivity index (χ2n) is 4.83. The van der Waals surface area contributed by atoms with Gasteiger partial charge in [-0.1, -0.05) is 0 Å². The van der Waals surface area contributed by atoms with Crippen molar-refractivity contribution in [3.05, 3.63) is 0 Å². The zero-order chi connectivity index (χ0) is 12.0. The van der Waals surface area contributed by atoms with Gasteiger partial charge in [-0.25, -0.2) is 0 Å². The van der Waals surface area contributed by atoms with Crippen molar-refractivity contribution in [2.75, 3.05) is 33.4 Å². The van der Waals surface area contributed by atoms with Gasteiger partial charge in [0.05, 0.1) is 6.61 Å². The Bertz CT molecular complexity index is 213. The monoisotopic (exact) mass is 228 g/mol. The standard InChI is InChI=1S/C12H24N2O2/c1-10(2)14(3)12(15)9-16-8-11-5-4-6-13-7-11/h10-11,13H,4-9H2,1-3H3. The summed E-state index contributed by atoms with van der Waals surface area (Å²) in [6.45, 7) is 7.06. The van der Waals surface area contributed by atoms with E-state index in [0.717, 1.165) is 13.1 Å². The number of nitrogens with one attached hydrogen (secondary N) is 1. The molecule has 1 unspecified atom stereocenters. The summed E-state index contributed by atoms with van der Waals surface area (Å²) in [5, 5.41) is 3.34. The lowest BCUT2D eigenvalue weighted by Crippen LogP contribution is -2.37. The van der Waals surface area contributed by atoms with Gasteiger partial charge in [-0.3, -0.25) is 4.79 Å². The highest BCUT2D eigenvalue weighted by atomic mass is 16.5. The molecule has 0 spiro atoms. The molecular weight excluding hydrogens is 204 g/mol. The summed E-state index contributed by atoms with van der Waals surface area (Å²) >= 11 is 0. The molecule has 1 aliphatic rings. The van der Waals surface area contributed by atoms with E-state index in [1.54, 1.807) is 4.90 Å². The summed E-state index contributed by atoms with van der Waals surface area (Å²) in [6, 6.07) is 0.243. The summed E-state index contributed by atoms with van der Waals surface area (Å²) < 4.78 is 5.48. The fourth-order valence-corrected chi connectivity index (χ4v) is 1.77. The second kappa shape index (κ2) is 6.86. The topological polar surface area (TPSA) is 41.6 Å². The number of nitrogens with zero attached hydrogens (tertiary/aromatic N) is 1. The van der Waals surface area contributed by atoms with Gasteiger partial charge in [-0.15, -0.1) is 0 Å². The fourth-order valence-electron chi connectivity index (χ4n) is 1.77. The Hall–Kier alpha value is -0.610. The van der Waals surface area contributed by atoms with Gasteiger partial charge in [0, 0.05) is 19.6 Å². The third kappa shape index (κ3) is 4.49. The average Bonchev–Trinajstić information content (AvgIpc) is 2.29. The first-order valence-corrected chi connectivity index (χ1v) is 6.15. The van der Waals surface area contributed by atoms with Crippen LogP contribution in [0.25, 0.3) is 0 Å². The first-order valence-electron chi connectivity index (χ1n) is 6.15. The van der Waals surface area contributed by atoms with E-state index in [4.69, 9.17) is 4.74 Å². The van der Waals surface area contributed by atoms with E-state index in [1.165, 1.54) is 12.8 Å². The Kier molecular flexibility index (Phi) is 5.77. The first kappa shape index (κ1) is 13.5. The largest absolute Gasteiger partial charge is 0.371 e. The maximum atomic E-state index is 11.6. The minimum absolute atomic E-state index is 0.0683. The van der Waals surface area contributed by atoms with E-state index in [9.17, 15) is 4.79 Å². The molecule has 16 heavy (non-hydrogen) atoms. The van der Waals surface area contributed by atoms with Crippen molar-refractivity contribution in [1.29, 1.82) is 0 Å². The molecule has 1 N–H and O–H groups in total. The Morgan fingerprint density at radius 3 is 2.88 bits per heavy atom. The fraction of sp³-hybridized carbons (Fsp3) is 0.917. The predicted molar refractivity (Wildman–Crippen MR) is 64.3 cm³/mol. The Labute approximate surface area is 98.3 Å². The predicted octanol–water partition coefficient (Wildman–Crippen LogP) is 0.869. The van der Waals surface area contributed by atoms with Crippen molar-refractivity contribution in [3.8, 4) is 0 Å². The molecule has 1 fully saturated rings. The Balaban J connectivity index is 2.12. The highest BCUT2D eigenvalue weighted by Gasteiger charge is 2.15. The van der Waals surface area contributed by atoms with Gasteiger partial charge in [0.1, 0.15) is 6.61 Å². The van der Waals surface area contributed by atoms with Crippen LogP contribution in [-0.4, -0.2) is 50.2 Å². The molecule has 4 nitrogen and oxygen atoms in total. The van der Waals surface area contributed by atoms with Crippen LogP contribution in [0.3, 0.4) is 0 Å². The normalized spacial score (nSPS) is 21.1. The molecule has 0 saturated carbocycles. The smallest absolute Gasteiger partial charge is 0.248 e. The van der Waals surface area contributed by atoms with E-state index in [0.29, 0.717) is 12.5 Å². The summed E-state index contributed by atoms with van der Waals surface area (Å²) in [5.74, 6) is 0.643. The van der Waals surface area contributed by atoms with Crippen LogP contribution < -0.4 is 5.32 Å². The zero-order valence-corrected chi connectivity index (χ0v) is 10.7. The first-order chi connectivity index (χ1) is 7.61. The molecule has 1 saturated heterocycles. The Morgan fingerprint density at radius 2 is 2.31 bits per heavy atom. The molecule has 1 aliphatic heterocycles. The number of hydrogen-bond acceptors (Lipinski definition) is 3. The third-order valence-electron chi connectivity index (χ3n) is 3.15. The minimum atomic E-state index is 0.0683. The van der Waals surface area contributed by atoms with Crippen LogP contribution >= 0.6 is 0 Å². The summed E-state index contributed by atoms with van der Waals surface area (Å²) in [7, 11) is 1.82. The molecule has 94 valence electrons.